The van der Waals surface area contributed by atoms with Crippen LogP contribution in [0, 0.1) is 10.1 Å². The second kappa shape index (κ2) is 5.06. The molecule has 0 aliphatic heterocycles. The molecule has 0 saturated heterocycles. The number of anilines is 1. The minimum absolute atomic E-state index is 0.00542. The van der Waals surface area contributed by atoms with Crippen molar-refractivity contribution in [3.8, 4) is 0 Å². The Morgan fingerprint density at radius 3 is 2.44 bits per heavy atom. The van der Waals surface area contributed by atoms with Crippen LogP contribution in [0.15, 0.2) is 36.9 Å². The van der Waals surface area contributed by atoms with Crippen molar-refractivity contribution in [2.75, 3.05) is 11.4 Å². The maximum Gasteiger partial charge on any atom is 0.269 e. The fourth-order valence-corrected chi connectivity index (χ4v) is 1.30. The van der Waals surface area contributed by atoms with Gasteiger partial charge >= 0.3 is 0 Å². The molecule has 0 radical (unpaired) electrons. The zero-order valence-corrected chi connectivity index (χ0v) is 8.92. The summed E-state index contributed by atoms with van der Waals surface area (Å²) in [6.07, 6.45) is 1.60. The van der Waals surface area contributed by atoms with Crippen molar-refractivity contribution < 1.29 is 9.72 Å². The third-order valence-corrected chi connectivity index (χ3v) is 2.06. The van der Waals surface area contributed by atoms with E-state index in [1.807, 2.05) is 0 Å². The van der Waals surface area contributed by atoms with Crippen LogP contribution in [0.25, 0.3) is 0 Å². The fourth-order valence-electron chi connectivity index (χ4n) is 1.30. The van der Waals surface area contributed by atoms with E-state index in [1.165, 1.54) is 24.0 Å². The minimum Gasteiger partial charge on any atom is -0.309 e. The second-order valence-electron chi connectivity index (χ2n) is 3.19. The lowest BCUT2D eigenvalue weighted by Crippen LogP contribution is -2.28. The number of amides is 1. The summed E-state index contributed by atoms with van der Waals surface area (Å²) in [4.78, 5) is 22.8. The van der Waals surface area contributed by atoms with Crippen molar-refractivity contribution in [2.45, 2.75) is 6.92 Å². The van der Waals surface area contributed by atoms with Gasteiger partial charge in [-0.2, -0.15) is 0 Å². The molecule has 0 aliphatic rings. The van der Waals surface area contributed by atoms with Gasteiger partial charge in [-0.05, 0) is 12.1 Å². The fraction of sp³-hybridized carbons (Fsp3) is 0.182. The normalized spacial score (nSPS) is 9.56. The lowest BCUT2D eigenvalue weighted by atomic mass is 10.2. The number of benzene rings is 1. The number of nitro groups is 1. The highest BCUT2D eigenvalue weighted by Gasteiger charge is 2.11. The number of nitro benzene ring substituents is 1. The quantitative estimate of drug-likeness (QED) is 0.443. The zero-order valence-electron chi connectivity index (χ0n) is 8.92. The van der Waals surface area contributed by atoms with Gasteiger partial charge in [0, 0.05) is 31.3 Å². The number of rotatable bonds is 4. The predicted molar refractivity (Wildman–Crippen MR) is 61.3 cm³/mol. The third-order valence-electron chi connectivity index (χ3n) is 2.06. The number of hydrogen-bond acceptors (Lipinski definition) is 3. The van der Waals surface area contributed by atoms with E-state index in [1.54, 1.807) is 18.2 Å². The maximum atomic E-state index is 11.3. The molecule has 0 heterocycles. The standard InChI is InChI=1S/C11H12N2O3/c1-3-8-12(9(2)14)10-4-6-11(7-5-10)13(15)16/h3-7H,1,8H2,2H3. The van der Waals surface area contributed by atoms with Gasteiger partial charge in [-0.25, -0.2) is 0 Å². The highest BCUT2D eigenvalue weighted by molar-refractivity contribution is 5.91. The van der Waals surface area contributed by atoms with Gasteiger partial charge in [-0.15, -0.1) is 6.58 Å². The van der Waals surface area contributed by atoms with Gasteiger partial charge < -0.3 is 4.90 Å². The topological polar surface area (TPSA) is 63.5 Å². The number of carbonyl (C=O) groups is 1. The molecule has 0 unspecified atom stereocenters. The van der Waals surface area contributed by atoms with Crippen LogP contribution in [-0.2, 0) is 4.79 Å². The van der Waals surface area contributed by atoms with Gasteiger partial charge in [0.25, 0.3) is 5.69 Å². The molecule has 0 saturated carbocycles. The Morgan fingerprint density at radius 2 is 2.06 bits per heavy atom. The van der Waals surface area contributed by atoms with E-state index < -0.39 is 4.92 Å². The summed E-state index contributed by atoms with van der Waals surface area (Å²) in [5.41, 5.74) is 0.629. The van der Waals surface area contributed by atoms with E-state index in [4.69, 9.17) is 0 Å². The first kappa shape index (κ1) is 11.9. The smallest absolute Gasteiger partial charge is 0.269 e. The summed E-state index contributed by atoms with van der Waals surface area (Å²) >= 11 is 0. The largest absolute Gasteiger partial charge is 0.309 e. The SMILES string of the molecule is C=CCN(C(C)=O)c1ccc([N+](=O)[O-])cc1. The van der Waals surface area contributed by atoms with E-state index in [2.05, 4.69) is 6.58 Å². The van der Waals surface area contributed by atoms with Crippen LogP contribution >= 0.6 is 0 Å². The van der Waals surface area contributed by atoms with Crippen LogP contribution < -0.4 is 4.90 Å². The van der Waals surface area contributed by atoms with Crippen LogP contribution in [0.1, 0.15) is 6.92 Å². The average molecular weight is 220 g/mol. The average Bonchev–Trinajstić information content (AvgIpc) is 2.25. The van der Waals surface area contributed by atoms with Gasteiger partial charge in [0.05, 0.1) is 4.92 Å². The van der Waals surface area contributed by atoms with E-state index >= 15 is 0 Å². The van der Waals surface area contributed by atoms with Crippen molar-refractivity contribution in [1.82, 2.24) is 0 Å². The molecule has 0 bridgehead atoms. The molecule has 0 atom stereocenters. The number of hydrogen-bond donors (Lipinski definition) is 0. The molecule has 0 aliphatic carbocycles. The molecule has 1 aromatic carbocycles. The number of nitrogens with zero attached hydrogens (tertiary/aromatic N) is 2. The molecule has 16 heavy (non-hydrogen) atoms. The molecule has 1 rings (SSSR count). The first-order valence-corrected chi connectivity index (χ1v) is 4.69. The van der Waals surface area contributed by atoms with E-state index in [0.717, 1.165) is 0 Å². The minimum atomic E-state index is -0.477. The summed E-state index contributed by atoms with van der Waals surface area (Å²) in [6, 6.07) is 5.83. The summed E-state index contributed by atoms with van der Waals surface area (Å²) in [5, 5.41) is 10.5. The molecule has 0 spiro atoms. The molecule has 0 aromatic heterocycles. The van der Waals surface area contributed by atoms with Crippen LogP contribution in [0.2, 0.25) is 0 Å². The lowest BCUT2D eigenvalue weighted by Gasteiger charge is -2.18. The van der Waals surface area contributed by atoms with Crippen LogP contribution in [0.4, 0.5) is 11.4 Å². The summed E-state index contributed by atoms with van der Waals surface area (Å²) in [7, 11) is 0. The van der Waals surface area contributed by atoms with E-state index in [0.29, 0.717) is 12.2 Å². The van der Waals surface area contributed by atoms with Crippen LogP contribution in [0.3, 0.4) is 0 Å². The molecule has 1 aromatic rings. The lowest BCUT2D eigenvalue weighted by molar-refractivity contribution is -0.384. The predicted octanol–water partition coefficient (Wildman–Crippen LogP) is 2.13. The second-order valence-corrected chi connectivity index (χ2v) is 3.19. The molecule has 1 amide bonds. The Balaban J connectivity index is 2.98. The molecule has 0 N–H and O–H groups in total. The Labute approximate surface area is 93.1 Å². The van der Waals surface area contributed by atoms with Crippen molar-refractivity contribution in [3.63, 3.8) is 0 Å². The highest BCUT2D eigenvalue weighted by atomic mass is 16.6. The maximum absolute atomic E-state index is 11.3. The van der Waals surface area contributed by atoms with Gasteiger partial charge in [0.1, 0.15) is 0 Å². The summed E-state index contributed by atoms with van der Waals surface area (Å²) in [5.74, 6) is -0.131. The van der Waals surface area contributed by atoms with Crippen molar-refractivity contribution in [1.29, 1.82) is 0 Å². The summed E-state index contributed by atoms with van der Waals surface area (Å²) in [6.45, 7) is 5.37. The molecule has 0 fully saturated rings. The van der Waals surface area contributed by atoms with Gasteiger partial charge in [0.2, 0.25) is 5.91 Å². The first-order valence-electron chi connectivity index (χ1n) is 4.69. The van der Waals surface area contributed by atoms with Crippen molar-refractivity contribution >= 4 is 17.3 Å². The van der Waals surface area contributed by atoms with Gasteiger partial charge in [-0.3, -0.25) is 14.9 Å². The van der Waals surface area contributed by atoms with Gasteiger partial charge in [0.15, 0.2) is 0 Å². The number of non-ortho nitro benzene ring substituents is 1. The van der Waals surface area contributed by atoms with E-state index in [-0.39, 0.29) is 11.6 Å². The Hall–Kier alpha value is -2.17. The Morgan fingerprint density at radius 1 is 1.50 bits per heavy atom. The van der Waals surface area contributed by atoms with Gasteiger partial charge in [-0.1, -0.05) is 6.08 Å². The Kier molecular flexibility index (Phi) is 3.77. The summed E-state index contributed by atoms with van der Waals surface area (Å²) < 4.78 is 0. The van der Waals surface area contributed by atoms with Crippen molar-refractivity contribution in [2.24, 2.45) is 0 Å². The molecular formula is C11H12N2O3. The zero-order chi connectivity index (χ0) is 12.1. The number of carbonyl (C=O) groups excluding carboxylic acids is 1. The van der Waals surface area contributed by atoms with Crippen LogP contribution in [0.5, 0.6) is 0 Å². The first-order chi connectivity index (χ1) is 7.56. The third kappa shape index (κ3) is 2.66. The van der Waals surface area contributed by atoms with E-state index in [9.17, 15) is 14.9 Å². The highest BCUT2D eigenvalue weighted by Crippen LogP contribution is 2.19. The molecule has 84 valence electrons. The monoisotopic (exact) mass is 220 g/mol. The Bertz CT molecular complexity index is 412. The molecular weight excluding hydrogens is 208 g/mol. The molecule has 5 nitrogen and oxygen atoms in total. The van der Waals surface area contributed by atoms with Crippen molar-refractivity contribution in [3.05, 3.63) is 47.0 Å². The molecule has 5 heteroatoms. The van der Waals surface area contributed by atoms with Crippen LogP contribution in [-0.4, -0.2) is 17.4 Å².